The van der Waals surface area contributed by atoms with E-state index in [9.17, 15) is 9.59 Å². The molecular formula is C17H31NO4. The molecule has 3 atom stereocenters. The van der Waals surface area contributed by atoms with Crippen LogP contribution >= 0.6 is 0 Å². The summed E-state index contributed by atoms with van der Waals surface area (Å²) in [5, 5.41) is 11.8. The molecule has 0 aromatic carbocycles. The molecule has 1 fully saturated rings. The Bertz CT molecular complexity index is 375. The zero-order valence-electron chi connectivity index (χ0n) is 14.4. The maximum absolute atomic E-state index is 11.9. The second kappa shape index (κ2) is 8.39. The van der Waals surface area contributed by atoms with E-state index in [2.05, 4.69) is 12.2 Å². The molecule has 0 aromatic rings. The molecular weight excluding hydrogens is 282 g/mol. The number of amides is 1. The van der Waals surface area contributed by atoms with Crippen molar-refractivity contribution in [3.8, 4) is 0 Å². The Morgan fingerprint density at radius 1 is 1.32 bits per heavy atom. The minimum absolute atomic E-state index is 0.0722. The number of carbonyl (C=O) groups excluding carboxylic acids is 1. The number of ether oxygens (including phenoxy) is 1. The van der Waals surface area contributed by atoms with E-state index < -0.39 is 17.7 Å². The highest BCUT2D eigenvalue weighted by Crippen LogP contribution is 2.32. The summed E-state index contributed by atoms with van der Waals surface area (Å²) >= 11 is 0. The Labute approximate surface area is 133 Å². The molecule has 2 N–H and O–H groups in total. The quantitative estimate of drug-likeness (QED) is 0.778. The molecule has 0 heterocycles. The summed E-state index contributed by atoms with van der Waals surface area (Å²) in [6.07, 6.45) is 5.76. The molecule has 0 bridgehead atoms. The minimum atomic E-state index is -0.826. The molecule has 1 rings (SSSR count). The average molecular weight is 313 g/mol. The third kappa shape index (κ3) is 8.25. The van der Waals surface area contributed by atoms with Gasteiger partial charge in [-0.1, -0.05) is 26.2 Å². The highest BCUT2D eigenvalue weighted by molar-refractivity contribution is 5.69. The summed E-state index contributed by atoms with van der Waals surface area (Å²) in [4.78, 5) is 22.8. The van der Waals surface area contributed by atoms with Gasteiger partial charge in [0, 0.05) is 12.5 Å². The van der Waals surface area contributed by atoms with Gasteiger partial charge in [-0.25, -0.2) is 4.79 Å². The maximum Gasteiger partial charge on any atom is 0.407 e. The van der Waals surface area contributed by atoms with Gasteiger partial charge in [-0.3, -0.25) is 4.79 Å². The number of aliphatic carboxylic acids is 1. The van der Waals surface area contributed by atoms with E-state index in [1.54, 1.807) is 0 Å². The van der Waals surface area contributed by atoms with Crippen molar-refractivity contribution in [2.45, 2.75) is 84.3 Å². The van der Waals surface area contributed by atoms with Crippen molar-refractivity contribution in [3.05, 3.63) is 0 Å². The van der Waals surface area contributed by atoms with Crippen molar-refractivity contribution in [3.63, 3.8) is 0 Å². The van der Waals surface area contributed by atoms with E-state index in [1.807, 2.05) is 20.8 Å². The Kier molecular flexibility index (Phi) is 7.17. The van der Waals surface area contributed by atoms with Crippen LogP contribution in [0.15, 0.2) is 0 Å². The van der Waals surface area contributed by atoms with Gasteiger partial charge in [0.25, 0.3) is 0 Å². The number of rotatable bonds is 6. The number of hydrogen-bond donors (Lipinski definition) is 2. The van der Waals surface area contributed by atoms with E-state index in [0.717, 1.165) is 12.3 Å². The summed E-state index contributed by atoms with van der Waals surface area (Å²) in [5.74, 6) is 0.464. The van der Waals surface area contributed by atoms with Gasteiger partial charge in [0.05, 0.1) is 0 Å². The molecule has 5 nitrogen and oxygen atoms in total. The first-order chi connectivity index (χ1) is 10.2. The molecule has 3 unspecified atom stereocenters. The number of carbonyl (C=O) groups is 2. The van der Waals surface area contributed by atoms with Gasteiger partial charge in [0.1, 0.15) is 5.60 Å². The van der Waals surface area contributed by atoms with Gasteiger partial charge in [-0.2, -0.15) is 0 Å². The lowest BCUT2D eigenvalue weighted by Crippen LogP contribution is -2.40. The fourth-order valence-corrected chi connectivity index (χ4v) is 3.20. The first-order valence-corrected chi connectivity index (χ1v) is 8.37. The van der Waals surface area contributed by atoms with Gasteiger partial charge in [-0.15, -0.1) is 0 Å². The second-order valence-corrected chi connectivity index (χ2v) is 7.65. The molecule has 5 heteroatoms. The molecule has 1 amide bonds. The number of alkyl carbamates (subject to hydrolysis) is 1. The van der Waals surface area contributed by atoms with Crippen molar-refractivity contribution >= 4 is 12.1 Å². The van der Waals surface area contributed by atoms with Crippen molar-refractivity contribution in [2.24, 2.45) is 11.8 Å². The van der Waals surface area contributed by atoms with Crippen LogP contribution < -0.4 is 5.32 Å². The maximum atomic E-state index is 11.9. The van der Waals surface area contributed by atoms with Crippen LogP contribution in [-0.4, -0.2) is 28.8 Å². The zero-order chi connectivity index (χ0) is 16.8. The van der Waals surface area contributed by atoms with Gasteiger partial charge in [-0.05, 0) is 51.9 Å². The first kappa shape index (κ1) is 18.8. The van der Waals surface area contributed by atoms with Gasteiger partial charge in [0.15, 0.2) is 0 Å². The van der Waals surface area contributed by atoms with Crippen LogP contribution in [-0.2, 0) is 9.53 Å². The fourth-order valence-electron chi connectivity index (χ4n) is 3.20. The lowest BCUT2D eigenvalue weighted by atomic mass is 9.79. The van der Waals surface area contributed by atoms with E-state index in [4.69, 9.17) is 9.84 Å². The van der Waals surface area contributed by atoms with Crippen LogP contribution in [0.1, 0.15) is 72.6 Å². The van der Waals surface area contributed by atoms with E-state index >= 15 is 0 Å². The van der Waals surface area contributed by atoms with Crippen LogP contribution in [0.3, 0.4) is 0 Å². The van der Waals surface area contributed by atoms with E-state index in [-0.39, 0.29) is 12.5 Å². The smallest absolute Gasteiger partial charge is 0.407 e. The molecule has 0 aromatic heterocycles. The Balaban J connectivity index is 2.54. The Morgan fingerprint density at radius 3 is 2.55 bits per heavy atom. The monoisotopic (exact) mass is 313 g/mol. The molecule has 0 saturated heterocycles. The summed E-state index contributed by atoms with van der Waals surface area (Å²) in [6, 6.07) is -0.124. The van der Waals surface area contributed by atoms with Crippen LogP contribution in [0, 0.1) is 11.8 Å². The van der Waals surface area contributed by atoms with Crippen LogP contribution in [0.2, 0.25) is 0 Å². The number of carboxylic acids is 1. The van der Waals surface area contributed by atoms with Crippen LogP contribution in [0.25, 0.3) is 0 Å². The lowest BCUT2D eigenvalue weighted by Gasteiger charge is -2.30. The van der Waals surface area contributed by atoms with E-state index in [1.165, 1.54) is 25.7 Å². The first-order valence-electron chi connectivity index (χ1n) is 8.37. The topological polar surface area (TPSA) is 75.6 Å². The lowest BCUT2D eigenvalue weighted by molar-refractivity contribution is -0.137. The van der Waals surface area contributed by atoms with Crippen LogP contribution in [0.5, 0.6) is 0 Å². The number of nitrogens with one attached hydrogen (secondary N) is 1. The zero-order valence-corrected chi connectivity index (χ0v) is 14.4. The van der Waals surface area contributed by atoms with Gasteiger partial charge >= 0.3 is 12.1 Å². The normalized spacial score (nSPS) is 23.6. The molecule has 1 aliphatic carbocycles. The van der Waals surface area contributed by atoms with Crippen molar-refractivity contribution in [1.82, 2.24) is 5.32 Å². The third-order valence-corrected chi connectivity index (χ3v) is 4.09. The van der Waals surface area contributed by atoms with Crippen molar-refractivity contribution < 1.29 is 19.4 Å². The SMILES string of the molecule is CC1CCCC(CC(CCC(=O)O)NC(=O)OC(C)(C)C)C1. The largest absolute Gasteiger partial charge is 0.481 e. The Morgan fingerprint density at radius 2 is 2.00 bits per heavy atom. The molecule has 0 radical (unpaired) electrons. The minimum Gasteiger partial charge on any atom is -0.481 e. The third-order valence-electron chi connectivity index (χ3n) is 4.09. The molecule has 22 heavy (non-hydrogen) atoms. The number of carboxylic acid groups (broad SMARTS) is 1. The Hall–Kier alpha value is -1.26. The van der Waals surface area contributed by atoms with E-state index in [0.29, 0.717) is 12.3 Å². The fraction of sp³-hybridized carbons (Fsp3) is 0.882. The summed E-state index contributed by atoms with van der Waals surface area (Å²) in [5.41, 5.74) is -0.541. The second-order valence-electron chi connectivity index (χ2n) is 7.65. The molecule has 0 aliphatic heterocycles. The molecule has 1 saturated carbocycles. The highest BCUT2D eigenvalue weighted by Gasteiger charge is 2.25. The predicted molar refractivity (Wildman–Crippen MR) is 85.8 cm³/mol. The number of hydrogen-bond acceptors (Lipinski definition) is 3. The summed E-state index contributed by atoms with van der Waals surface area (Å²) in [7, 11) is 0. The standard InChI is InChI=1S/C17H31NO4/c1-12-6-5-7-13(10-12)11-14(8-9-15(19)20)18-16(21)22-17(2,3)4/h12-14H,5-11H2,1-4H3,(H,18,21)(H,19,20). The van der Waals surface area contributed by atoms with Gasteiger partial charge < -0.3 is 15.2 Å². The molecule has 0 spiro atoms. The summed E-state index contributed by atoms with van der Waals surface area (Å²) < 4.78 is 5.29. The average Bonchev–Trinajstić information content (AvgIpc) is 2.33. The van der Waals surface area contributed by atoms with Gasteiger partial charge in [0.2, 0.25) is 0 Å². The molecule has 128 valence electrons. The predicted octanol–water partition coefficient (Wildman–Crippen LogP) is 3.96. The summed E-state index contributed by atoms with van der Waals surface area (Å²) in [6.45, 7) is 7.73. The van der Waals surface area contributed by atoms with Crippen LogP contribution in [0.4, 0.5) is 4.79 Å². The molecule has 1 aliphatic rings. The highest BCUT2D eigenvalue weighted by atomic mass is 16.6. The van der Waals surface area contributed by atoms with Crippen molar-refractivity contribution in [1.29, 1.82) is 0 Å². The van der Waals surface area contributed by atoms with Crippen molar-refractivity contribution in [2.75, 3.05) is 0 Å².